The Bertz CT molecular complexity index is 916. The number of rotatable bonds is 4. The molecular weight excluding hydrogens is 359 g/mol. The molecule has 2 nitrogen and oxygen atoms in total. The Balaban J connectivity index is 2.20. The first kappa shape index (κ1) is 17.9. The van der Waals surface area contributed by atoms with Gasteiger partial charge in [-0.3, -0.25) is 4.79 Å². The van der Waals surface area contributed by atoms with Crippen molar-refractivity contribution in [3.63, 3.8) is 0 Å². The lowest BCUT2D eigenvalue weighted by Crippen LogP contribution is -1.99. The lowest BCUT2D eigenvalue weighted by Gasteiger charge is -2.09. The van der Waals surface area contributed by atoms with Crippen LogP contribution in [0.5, 0.6) is 0 Å². The fourth-order valence-electron chi connectivity index (χ4n) is 3.14. The van der Waals surface area contributed by atoms with E-state index in [1.165, 1.54) is 12.1 Å². The summed E-state index contributed by atoms with van der Waals surface area (Å²) in [6.07, 6.45) is 3.62. The van der Waals surface area contributed by atoms with Gasteiger partial charge in [0, 0.05) is 12.0 Å². The number of allylic oxidation sites excluding steroid dienone is 3. The van der Waals surface area contributed by atoms with Crippen LogP contribution >= 0.6 is 11.6 Å². The zero-order valence-electron chi connectivity index (χ0n) is 13.8. The van der Waals surface area contributed by atoms with E-state index in [2.05, 4.69) is 0 Å². The van der Waals surface area contributed by atoms with Crippen LogP contribution in [0, 0.1) is 5.82 Å². The monoisotopic (exact) mass is 374 g/mol. The van der Waals surface area contributed by atoms with Crippen molar-refractivity contribution in [3.8, 4) is 0 Å². The molecule has 3 rings (SSSR count). The van der Waals surface area contributed by atoms with E-state index >= 15 is 0 Å². The minimum Gasteiger partial charge on any atom is -0.612 e. The summed E-state index contributed by atoms with van der Waals surface area (Å²) in [6, 6.07) is 12.0. The summed E-state index contributed by atoms with van der Waals surface area (Å²) in [5.41, 5.74) is 4.88. The van der Waals surface area contributed by atoms with Gasteiger partial charge in [0.1, 0.15) is 12.1 Å². The highest BCUT2D eigenvalue weighted by Gasteiger charge is 2.26. The molecule has 0 aliphatic heterocycles. The van der Waals surface area contributed by atoms with E-state index in [1.54, 1.807) is 12.3 Å². The van der Waals surface area contributed by atoms with Gasteiger partial charge in [0.2, 0.25) is 5.24 Å². The summed E-state index contributed by atoms with van der Waals surface area (Å²) in [5, 5.41) is -0.485. The highest BCUT2D eigenvalue weighted by molar-refractivity contribution is 7.90. The Morgan fingerprint density at radius 3 is 2.64 bits per heavy atom. The summed E-state index contributed by atoms with van der Waals surface area (Å²) < 4.78 is 25.7. The molecule has 5 heteroatoms. The largest absolute Gasteiger partial charge is 0.612 e. The van der Waals surface area contributed by atoms with Crippen LogP contribution in [0.25, 0.3) is 17.2 Å². The quantitative estimate of drug-likeness (QED) is 0.555. The summed E-state index contributed by atoms with van der Waals surface area (Å²) in [7, 11) is 0. The van der Waals surface area contributed by atoms with Crippen molar-refractivity contribution < 1.29 is 13.7 Å². The molecule has 0 fully saturated rings. The molecule has 0 amide bonds. The van der Waals surface area contributed by atoms with Crippen molar-refractivity contribution in [2.45, 2.75) is 18.2 Å². The van der Waals surface area contributed by atoms with Crippen LogP contribution in [-0.2, 0) is 16.0 Å². The maximum absolute atomic E-state index is 13.7. The van der Waals surface area contributed by atoms with Crippen molar-refractivity contribution in [2.75, 3.05) is 6.26 Å². The number of fused-ring (bicyclic) bond motifs is 1. The highest BCUT2D eigenvalue weighted by atomic mass is 35.5. The van der Waals surface area contributed by atoms with E-state index in [0.717, 1.165) is 32.7 Å². The third kappa shape index (κ3) is 3.56. The van der Waals surface area contributed by atoms with Gasteiger partial charge in [-0.1, -0.05) is 18.2 Å². The molecule has 25 heavy (non-hydrogen) atoms. The predicted octanol–water partition coefficient (Wildman–Crippen LogP) is 5.05. The molecule has 0 aromatic heterocycles. The van der Waals surface area contributed by atoms with Gasteiger partial charge in [-0.15, -0.1) is 0 Å². The van der Waals surface area contributed by atoms with Crippen LogP contribution in [-0.4, -0.2) is 16.1 Å². The van der Waals surface area contributed by atoms with Crippen LogP contribution in [0.1, 0.15) is 30.0 Å². The molecule has 1 unspecified atom stereocenters. The first-order chi connectivity index (χ1) is 11.9. The molecule has 1 aliphatic rings. The van der Waals surface area contributed by atoms with Gasteiger partial charge in [-0.25, -0.2) is 4.39 Å². The van der Waals surface area contributed by atoms with Gasteiger partial charge >= 0.3 is 0 Å². The molecule has 0 bridgehead atoms. The Morgan fingerprint density at radius 2 is 1.96 bits per heavy atom. The maximum Gasteiger partial charge on any atom is 0.226 e. The van der Waals surface area contributed by atoms with E-state index in [0.29, 0.717) is 5.56 Å². The fraction of sp³-hybridized carbons (Fsp3) is 0.150. The van der Waals surface area contributed by atoms with Gasteiger partial charge in [0.05, 0.1) is 0 Å². The summed E-state index contributed by atoms with van der Waals surface area (Å²) in [4.78, 5) is 12.2. The third-order valence-electron chi connectivity index (χ3n) is 4.30. The van der Waals surface area contributed by atoms with Crippen LogP contribution < -0.4 is 0 Å². The molecule has 1 atom stereocenters. The van der Waals surface area contributed by atoms with Gasteiger partial charge < -0.3 is 4.55 Å². The molecule has 0 radical (unpaired) electrons. The Labute approximate surface area is 154 Å². The number of benzene rings is 2. The number of halogens is 2. The van der Waals surface area contributed by atoms with Crippen molar-refractivity contribution >= 4 is 45.2 Å². The van der Waals surface area contributed by atoms with E-state index in [4.69, 9.17) is 11.6 Å². The molecule has 0 N–H and O–H groups in total. The second-order valence-corrected chi connectivity index (χ2v) is 7.64. The molecular formula is C20H16ClFO2S. The van der Waals surface area contributed by atoms with E-state index in [9.17, 15) is 13.7 Å². The zero-order valence-corrected chi connectivity index (χ0v) is 15.4. The minimum absolute atomic E-state index is 0.0442. The smallest absolute Gasteiger partial charge is 0.226 e. The second-order valence-electron chi connectivity index (χ2n) is 5.88. The molecule has 0 spiro atoms. The molecule has 1 aliphatic carbocycles. The van der Waals surface area contributed by atoms with E-state index < -0.39 is 16.4 Å². The van der Waals surface area contributed by atoms with Crippen molar-refractivity contribution in [2.24, 2.45) is 0 Å². The molecule has 0 heterocycles. The van der Waals surface area contributed by atoms with Gasteiger partial charge in [0.25, 0.3) is 0 Å². The number of carbonyl (C=O) groups is 1. The second kappa shape index (κ2) is 7.16. The SMILES string of the molecule is CC1=C(CC(=O)Cl)c2cc(F)ccc2C1=Cc1ccccc1[S+](C)[O-]. The molecule has 0 saturated heterocycles. The lowest BCUT2D eigenvalue weighted by atomic mass is 10.0. The Kier molecular flexibility index (Phi) is 5.13. The Hall–Kier alpha value is -1.88. The van der Waals surface area contributed by atoms with Gasteiger partial charge in [-0.05, 0) is 87.9 Å². The number of carbonyl (C=O) groups excluding carboxylic acids is 1. The normalized spacial score (nSPS) is 16.3. The highest BCUT2D eigenvalue weighted by Crippen LogP contribution is 2.44. The predicted molar refractivity (Wildman–Crippen MR) is 101 cm³/mol. The molecule has 128 valence electrons. The maximum atomic E-state index is 13.7. The standard InChI is InChI=1S/C20H16ClFO2S/c1-12-16(9-13-5-3-4-6-19(13)25(2)24)15-8-7-14(22)10-18(15)17(12)11-20(21)23/h3-10H,11H2,1-2H3. The van der Waals surface area contributed by atoms with Crippen molar-refractivity contribution in [1.29, 1.82) is 0 Å². The summed E-state index contributed by atoms with van der Waals surface area (Å²) in [5.74, 6) is -0.359. The summed E-state index contributed by atoms with van der Waals surface area (Å²) >= 11 is 4.45. The average Bonchev–Trinajstić information content (AvgIpc) is 2.80. The number of hydrogen-bond acceptors (Lipinski definition) is 2. The average molecular weight is 375 g/mol. The van der Waals surface area contributed by atoms with Crippen LogP contribution in [0.3, 0.4) is 0 Å². The number of hydrogen-bond donors (Lipinski definition) is 0. The Morgan fingerprint density at radius 1 is 1.24 bits per heavy atom. The van der Waals surface area contributed by atoms with Gasteiger partial charge in [0.15, 0.2) is 4.90 Å². The topological polar surface area (TPSA) is 40.1 Å². The molecule has 0 saturated carbocycles. The zero-order chi connectivity index (χ0) is 18.1. The first-order valence-corrected chi connectivity index (χ1v) is 9.65. The van der Waals surface area contributed by atoms with Crippen LogP contribution in [0.4, 0.5) is 4.39 Å². The summed E-state index contributed by atoms with van der Waals surface area (Å²) in [6.45, 7) is 1.89. The minimum atomic E-state index is -1.13. The van der Waals surface area contributed by atoms with Crippen molar-refractivity contribution in [1.82, 2.24) is 0 Å². The molecule has 2 aromatic carbocycles. The fourth-order valence-corrected chi connectivity index (χ4v) is 4.00. The van der Waals surface area contributed by atoms with Crippen LogP contribution in [0.2, 0.25) is 0 Å². The van der Waals surface area contributed by atoms with Crippen LogP contribution in [0.15, 0.2) is 52.9 Å². The van der Waals surface area contributed by atoms with Crippen molar-refractivity contribution in [3.05, 3.63) is 70.5 Å². The first-order valence-electron chi connectivity index (χ1n) is 7.71. The van der Waals surface area contributed by atoms with E-state index in [-0.39, 0.29) is 12.2 Å². The van der Waals surface area contributed by atoms with Gasteiger partial charge in [-0.2, -0.15) is 0 Å². The van der Waals surface area contributed by atoms with E-state index in [1.807, 2.05) is 37.3 Å². The molecule has 2 aromatic rings. The lowest BCUT2D eigenvalue weighted by molar-refractivity contribution is -0.110. The third-order valence-corrected chi connectivity index (χ3v) is 5.42.